The summed E-state index contributed by atoms with van der Waals surface area (Å²) in [6.07, 6.45) is 15.0. The molecule has 0 spiro atoms. The number of benzene rings is 1. The second-order valence-corrected chi connectivity index (χ2v) is 18.3. The average molecular weight is 875 g/mol. The van der Waals surface area contributed by atoms with Gasteiger partial charge in [0.25, 0.3) is 5.70 Å². The summed E-state index contributed by atoms with van der Waals surface area (Å²) in [6, 6.07) is 7.63. The molecule has 3 aliphatic heterocycles. The number of esters is 1. The molecule has 9 rings (SSSR count). The van der Waals surface area contributed by atoms with Crippen LogP contribution in [0.3, 0.4) is 0 Å². The minimum atomic E-state index is -0.520. The number of hydrogen-bond donors (Lipinski definition) is 4. The summed E-state index contributed by atoms with van der Waals surface area (Å²) in [7, 11) is 0. The molecule has 13 nitrogen and oxygen atoms in total. The van der Waals surface area contributed by atoms with Crippen LogP contribution in [0.1, 0.15) is 102 Å². The minimum Gasteiger partial charge on any atom is -0.464 e. The van der Waals surface area contributed by atoms with Gasteiger partial charge in [0, 0.05) is 97.6 Å². The van der Waals surface area contributed by atoms with Gasteiger partial charge in [0.1, 0.15) is 6.61 Å². The number of nitrogens with one attached hydrogen (secondary N) is 3. The van der Waals surface area contributed by atoms with E-state index in [1.165, 1.54) is 23.8 Å². The molecule has 3 aromatic heterocycles. The van der Waals surface area contributed by atoms with Crippen LogP contribution in [-0.2, 0) is 32.8 Å². The number of carbonyl (C=O) groups is 3. The van der Waals surface area contributed by atoms with Crippen molar-refractivity contribution in [1.29, 1.82) is 0 Å². The molecule has 1 unspecified atom stereocenters. The zero-order valence-corrected chi connectivity index (χ0v) is 37.8. The largest absolute Gasteiger partial charge is 0.464 e. The molecule has 3 atom stereocenters. The maximum Gasteiger partial charge on any atom is 0.305 e. The van der Waals surface area contributed by atoms with Gasteiger partial charge in [-0.05, 0) is 115 Å². The number of fused-ring (bicyclic) bond motifs is 8. The highest BCUT2D eigenvalue weighted by Crippen LogP contribution is 2.47. The summed E-state index contributed by atoms with van der Waals surface area (Å²) >= 11 is 0. The van der Waals surface area contributed by atoms with Crippen molar-refractivity contribution in [2.45, 2.75) is 92.2 Å². The zero-order chi connectivity index (χ0) is 46.1. The van der Waals surface area contributed by atoms with Gasteiger partial charge in [-0.1, -0.05) is 45.9 Å². The Balaban J connectivity index is 1.01. The van der Waals surface area contributed by atoms with E-state index in [0.717, 1.165) is 89.7 Å². The highest BCUT2D eigenvalue weighted by atomic mass is 16.6. The van der Waals surface area contributed by atoms with Gasteiger partial charge >= 0.3 is 5.97 Å². The number of aliphatic hydroxyl groups excluding tert-OH is 1. The Hall–Kier alpha value is -6.86. The lowest BCUT2D eigenvalue weighted by molar-refractivity contribution is -0.419. The van der Waals surface area contributed by atoms with E-state index in [1.54, 1.807) is 6.08 Å². The third-order valence-corrected chi connectivity index (χ3v) is 14.4. The lowest BCUT2D eigenvalue weighted by Gasteiger charge is -2.27. The van der Waals surface area contributed by atoms with Crippen molar-refractivity contribution in [3.05, 3.63) is 153 Å². The van der Waals surface area contributed by atoms with Crippen molar-refractivity contribution >= 4 is 52.7 Å². The van der Waals surface area contributed by atoms with Crippen LogP contribution in [0, 0.1) is 42.7 Å². The summed E-state index contributed by atoms with van der Waals surface area (Å²) in [6.45, 7) is 14.8. The van der Waals surface area contributed by atoms with Crippen LogP contribution in [-0.4, -0.2) is 67.4 Å². The van der Waals surface area contributed by atoms with E-state index in [4.69, 9.17) is 9.73 Å². The van der Waals surface area contributed by atoms with Crippen molar-refractivity contribution in [3.8, 4) is 0 Å². The fourth-order valence-electron chi connectivity index (χ4n) is 10.7. The van der Waals surface area contributed by atoms with E-state index in [9.17, 15) is 29.6 Å². The van der Waals surface area contributed by atoms with Crippen molar-refractivity contribution in [1.82, 2.24) is 15.0 Å². The Kier molecular flexibility index (Phi) is 11.1. The van der Waals surface area contributed by atoms with E-state index >= 15 is 0 Å². The number of Topliss-reactive ketones (excluding diaryl/α,β-unsaturated/α-hetero) is 1. The SMILES string of the molecule is CCc1c2[nH]c(c1C)C=c1[nH]c(c(C)c1CO)=CC1=NC(C3=c4[nH]/c(c(C)c4C(=O)C3)=C\2)[C@@H](CCC(=O)OCCN2/C(=C\C=C3\C=C([N+](=O)[O-])C=CC3=O)C(C)(C)c3ccccc32)[C@@H]1C. The summed E-state index contributed by atoms with van der Waals surface area (Å²) in [4.78, 5) is 69.5. The number of rotatable bonds is 10. The Labute approximate surface area is 376 Å². The molecule has 4 aromatic rings. The number of carbonyl (C=O) groups excluding carboxylic acids is 3. The summed E-state index contributed by atoms with van der Waals surface area (Å²) in [5.41, 5.74) is 11.8. The smallest absolute Gasteiger partial charge is 0.305 e. The highest BCUT2D eigenvalue weighted by Gasteiger charge is 2.42. The molecule has 0 radical (unpaired) electrons. The van der Waals surface area contributed by atoms with Crippen LogP contribution in [0.5, 0.6) is 0 Å². The molecule has 6 heterocycles. The van der Waals surface area contributed by atoms with Gasteiger partial charge in [-0.25, -0.2) is 0 Å². The minimum absolute atomic E-state index is 0.0593. The van der Waals surface area contributed by atoms with Crippen LogP contribution >= 0.6 is 0 Å². The molecule has 8 bridgehead atoms. The maximum absolute atomic E-state index is 13.9. The molecule has 0 saturated heterocycles. The highest BCUT2D eigenvalue weighted by molar-refractivity contribution is 6.14. The van der Waals surface area contributed by atoms with Crippen LogP contribution in [0.15, 0.2) is 76.6 Å². The standard InChI is InChI=1S/C52H54N6O7/c1-8-33-27(2)39-24-43-36(26-59)29(4)38(54-43)23-40-28(3)34(50(55-40)35-22-46(61)49-30(5)41(56-51(35)49)25-42(33)53-39)15-18-48(62)65-20-19-57-44-12-10-9-11-37(44)52(6,7)47(57)17-13-31-21-32(58(63)64)14-16-45(31)60/h9-14,16-17,21,23-25,28,34,50,53-54,56,59H,8,15,18-20,22,26H2,1-7H3/b31-13-,38-23?,41-25-,43-24?,47-17-/t28-,34-,50?/m0/s1. The van der Waals surface area contributed by atoms with Gasteiger partial charge < -0.3 is 29.7 Å². The number of aromatic nitrogens is 3. The van der Waals surface area contributed by atoms with E-state index in [-0.39, 0.29) is 72.7 Å². The van der Waals surface area contributed by atoms with Gasteiger partial charge in [-0.3, -0.25) is 29.5 Å². The number of nitro groups is 1. The van der Waals surface area contributed by atoms with Crippen molar-refractivity contribution in [2.75, 3.05) is 18.1 Å². The number of aliphatic imine (C=N–C) groups is 1. The molecule has 0 saturated carbocycles. The first kappa shape index (κ1) is 43.4. The van der Waals surface area contributed by atoms with E-state index in [1.807, 2.05) is 38.1 Å². The first-order chi connectivity index (χ1) is 31.1. The molecular weight excluding hydrogens is 821 g/mol. The molecule has 2 aliphatic carbocycles. The maximum atomic E-state index is 13.9. The normalized spacial score (nSPS) is 22.2. The number of hydrogen-bond acceptors (Lipinski definition) is 9. The van der Waals surface area contributed by atoms with Crippen LogP contribution in [0.25, 0.3) is 23.8 Å². The zero-order valence-electron chi connectivity index (χ0n) is 37.8. The first-order valence-electron chi connectivity index (χ1n) is 22.4. The summed E-state index contributed by atoms with van der Waals surface area (Å²) in [5.74, 6) is -0.783. The van der Waals surface area contributed by atoms with Crippen molar-refractivity contribution in [2.24, 2.45) is 16.8 Å². The lowest BCUT2D eigenvalue weighted by Crippen LogP contribution is -2.30. The Morgan fingerprint density at radius 2 is 1.72 bits per heavy atom. The van der Waals surface area contributed by atoms with Crippen LogP contribution in [0.4, 0.5) is 5.69 Å². The van der Waals surface area contributed by atoms with Crippen LogP contribution < -0.4 is 26.3 Å². The molecular formula is C52H54N6O7. The van der Waals surface area contributed by atoms with Crippen molar-refractivity contribution < 1.29 is 29.2 Å². The second-order valence-electron chi connectivity index (χ2n) is 18.3. The van der Waals surface area contributed by atoms with E-state index < -0.39 is 10.3 Å². The molecule has 0 amide bonds. The lowest BCUT2D eigenvalue weighted by atomic mass is 9.81. The van der Waals surface area contributed by atoms with Gasteiger partial charge in [0.15, 0.2) is 11.6 Å². The predicted molar refractivity (Wildman–Crippen MR) is 251 cm³/mol. The van der Waals surface area contributed by atoms with Gasteiger partial charge in [0.05, 0.1) is 29.5 Å². The molecule has 13 heteroatoms. The number of aromatic amines is 3. The number of allylic oxidation sites excluding steroid dienone is 7. The van der Waals surface area contributed by atoms with E-state index in [0.29, 0.717) is 18.5 Å². The third-order valence-electron chi connectivity index (χ3n) is 14.4. The monoisotopic (exact) mass is 874 g/mol. The fourth-order valence-corrected chi connectivity index (χ4v) is 10.7. The van der Waals surface area contributed by atoms with Crippen molar-refractivity contribution in [3.63, 3.8) is 0 Å². The Bertz CT molecular complexity index is 3160. The van der Waals surface area contributed by atoms with E-state index in [2.05, 4.69) is 78.8 Å². The summed E-state index contributed by atoms with van der Waals surface area (Å²) < 4.78 is 5.96. The number of para-hydroxylation sites is 1. The topological polar surface area (TPSA) is 187 Å². The Morgan fingerprint density at radius 3 is 2.48 bits per heavy atom. The fraction of sp³-hybridized carbons (Fsp3) is 0.346. The molecule has 0 fully saturated rings. The first-order valence-corrected chi connectivity index (χ1v) is 22.4. The number of H-pyrrole nitrogens is 3. The van der Waals surface area contributed by atoms with Crippen LogP contribution in [0.2, 0.25) is 0 Å². The number of nitrogens with zero attached hydrogens (tertiary/aromatic N) is 3. The Morgan fingerprint density at radius 1 is 0.969 bits per heavy atom. The number of ketones is 2. The molecule has 334 valence electrons. The summed E-state index contributed by atoms with van der Waals surface area (Å²) in [5, 5.41) is 25.4. The molecule has 4 N–H and O–H groups in total. The average Bonchev–Trinajstić information content (AvgIpc) is 4.07. The predicted octanol–water partition coefficient (Wildman–Crippen LogP) is 5.15. The number of aliphatic hydroxyl groups is 1. The van der Waals surface area contributed by atoms with Gasteiger partial charge in [-0.15, -0.1) is 0 Å². The molecule has 65 heavy (non-hydrogen) atoms. The van der Waals surface area contributed by atoms with Gasteiger partial charge in [0.2, 0.25) is 0 Å². The molecule has 1 aromatic carbocycles. The quantitative estimate of drug-likeness (QED) is 0.0730. The van der Waals surface area contributed by atoms with Gasteiger partial charge in [-0.2, -0.15) is 0 Å². The number of anilines is 1. The second kappa shape index (κ2) is 16.6. The number of ether oxygens (including phenoxy) is 1. The molecule has 5 aliphatic rings. The third kappa shape index (κ3) is 7.41.